The van der Waals surface area contributed by atoms with Gasteiger partial charge in [-0.3, -0.25) is 18.9 Å². The number of pyridine rings is 1. The molecule has 0 bridgehead atoms. The number of aromatic nitrogens is 7. The van der Waals surface area contributed by atoms with Crippen molar-refractivity contribution in [2.45, 2.75) is 63.0 Å². The van der Waals surface area contributed by atoms with Crippen molar-refractivity contribution < 1.29 is 39.6 Å². The molecule has 318 valence electrons. The maximum absolute atomic E-state index is 15.5. The Morgan fingerprint density at radius 3 is 2.41 bits per heavy atom. The van der Waals surface area contributed by atoms with Crippen LogP contribution >= 0.6 is 11.6 Å². The Kier molecular flexibility index (Phi) is 10.2. The molecule has 1 amide bonds. The Balaban J connectivity index is 1.29. The maximum atomic E-state index is 15.5. The number of benzene rings is 2. The Bertz CT molecular complexity index is 2930. The molecule has 3 atom stereocenters. The zero-order chi connectivity index (χ0) is 43.9. The molecule has 1 unspecified atom stereocenters. The highest BCUT2D eigenvalue weighted by atomic mass is 35.5. The van der Waals surface area contributed by atoms with Crippen LogP contribution in [0.1, 0.15) is 78.4 Å². The first-order chi connectivity index (χ1) is 28.6. The van der Waals surface area contributed by atoms with E-state index in [9.17, 15) is 30.8 Å². The summed E-state index contributed by atoms with van der Waals surface area (Å²) in [5.41, 5.74) is -1.27. The standard InChI is InChI=1S/C41H36ClF6N9O3S/c1-40(2,39-49-12-13-55(39)3)11-10-23-6-7-24(25-8-9-28(42)32-35(25)56(4)53-38(32)54-61(5,59)60)33(50-23)29(16-20-14-21(43)17-22(44)15-20)51-30(58)19-57-36-31(34(52-57)37(45)46)26-18-27(26)41(36,47)48/h6-9,12-15,17,26-27,29,37H,16,18-19H2,1-5H3,(H,51,58)(H,53,54)/t26-,27+,29?/m0/s1. The first kappa shape index (κ1) is 41.8. The molecule has 61 heavy (non-hydrogen) atoms. The molecular weight excluding hydrogens is 848 g/mol. The molecule has 6 aromatic rings. The third-order valence-corrected chi connectivity index (χ3v) is 11.7. The summed E-state index contributed by atoms with van der Waals surface area (Å²) >= 11 is 6.64. The maximum Gasteiger partial charge on any atom is 0.293 e. The summed E-state index contributed by atoms with van der Waals surface area (Å²) < 4.78 is 119. The second-order valence-corrected chi connectivity index (χ2v) is 18.0. The molecule has 0 spiro atoms. The number of halogens is 7. The fourth-order valence-corrected chi connectivity index (χ4v) is 8.99. The van der Waals surface area contributed by atoms with Gasteiger partial charge in [-0.05, 0) is 74.4 Å². The van der Waals surface area contributed by atoms with E-state index in [-0.39, 0.29) is 51.6 Å². The fraction of sp³-hybridized carbons (Fsp3) is 0.341. The van der Waals surface area contributed by atoms with E-state index in [2.05, 4.69) is 37.1 Å². The number of hydrogen-bond acceptors (Lipinski definition) is 7. The van der Waals surface area contributed by atoms with Gasteiger partial charge in [0.25, 0.3) is 12.3 Å². The smallest absolute Gasteiger partial charge is 0.293 e. The number of carbonyl (C=O) groups is 1. The minimum Gasteiger partial charge on any atom is -0.346 e. The molecular formula is C41H36ClF6N9O3S. The van der Waals surface area contributed by atoms with Gasteiger partial charge in [0.1, 0.15) is 41.1 Å². The predicted octanol–water partition coefficient (Wildman–Crippen LogP) is 7.44. The first-order valence-electron chi connectivity index (χ1n) is 18.8. The minimum atomic E-state index is -3.83. The van der Waals surface area contributed by atoms with Crippen LogP contribution in [0.2, 0.25) is 5.02 Å². The molecule has 20 heteroatoms. The number of fused-ring (bicyclic) bond motifs is 4. The van der Waals surface area contributed by atoms with E-state index in [0.29, 0.717) is 33.2 Å². The van der Waals surface area contributed by atoms with Gasteiger partial charge in [0.05, 0.1) is 39.3 Å². The third kappa shape index (κ3) is 7.82. The van der Waals surface area contributed by atoms with E-state index in [1.807, 2.05) is 25.5 Å². The molecule has 1 fully saturated rings. The highest BCUT2D eigenvalue weighted by Crippen LogP contribution is 2.68. The quantitative estimate of drug-likeness (QED) is 0.102. The summed E-state index contributed by atoms with van der Waals surface area (Å²) in [6.07, 6.45) is 0.878. The average Bonchev–Trinajstić information content (AvgIpc) is 3.37. The van der Waals surface area contributed by atoms with Crippen LogP contribution in [0.4, 0.5) is 32.2 Å². The normalized spacial score (nSPS) is 17.2. The van der Waals surface area contributed by atoms with E-state index in [1.54, 1.807) is 37.6 Å². The summed E-state index contributed by atoms with van der Waals surface area (Å²) in [5, 5.41) is 11.2. The van der Waals surface area contributed by atoms with Gasteiger partial charge >= 0.3 is 0 Å². The van der Waals surface area contributed by atoms with E-state index in [0.717, 1.165) is 18.4 Å². The topological polar surface area (TPSA) is 142 Å². The number of sulfonamides is 1. The van der Waals surface area contributed by atoms with E-state index >= 15 is 8.78 Å². The SMILES string of the molecule is Cn1ccnc1C(C)(C)C#Cc1ccc(-c2ccc(Cl)c3c(NS(C)(=O)=O)nn(C)c23)c(C(Cc2cc(F)cc(F)c2)NC(=O)Cn2nc(C(F)F)c3c2C(F)(F)[C@@H]2C[C@H]32)n1. The number of aryl methyl sites for hydroxylation is 2. The number of anilines is 1. The van der Waals surface area contributed by atoms with Gasteiger partial charge in [-0.2, -0.15) is 19.0 Å². The molecule has 0 radical (unpaired) electrons. The summed E-state index contributed by atoms with van der Waals surface area (Å²) in [6.45, 7) is 2.80. The molecule has 8 rings (SSSR count). The van der Waals surface area contributed by atoms with Crippen molar-refractivity contribution in [1.29, 1.82) is 0 Å². The molecule has 2 N–H and O–H groups in total. The Morgan fingerprint density at radius 2 is 1.75 bits per heavy atom. The summed E-state index contributed by atoms with van der Waals surface area (Å²) in [7, 11) is -0.468. The average molecular weight is 884 g/mol. The van der Waals surface area contributed by atoms with Crippen molar-refractivity contribution in [2.24, 2.45) is 20.0 Å². The molecule has 4 heterocycles. The van der Waals surface area contributed by atoms with Crippen molar-refractivity contribution in [2.75, 3.05) is 11.0 Å². The molecule has 2 aliphatic carbocycles. The van der Waals surface area contributed by atoms with E-state index in [4.69, 9.17) is 16.6 Å². The van der Waals surface area contributed by atoms with Gasteiger partial charge in [0.15, 0.2) is 5.82 Å². The zero-order valence-corrected chi connectivity index (χ0v) is 34.6. The van der Waals surface area contributed by atoms with Crippen LogP contribution in [0.5, 0.6) is 0 Å². The Morgan fingerprint density at radius 1 is 1.05 bits per heavy atom. The number of alkyl halides is 4. The molecule has 12 nitrogen and oxygen atoms in total. The van der Waals surface area contributed by atoms with Crippen LogP contribution in [-0.2, 0) is 53.2 Å². The molecule has 0 saturated heterocycles. The predicted molar refractivity (Wildman–Crippen MR) is 213 cm³/mol. The van der Waals surface area contributed by atoms with Gasteiger partial charge in [-0.25, -0.2) is 35.9 Å². The number of nitrogens with zero attached hydrogens (tertiary/aromatic N) is 7. The second kappa shape index (κ2) is 14.9. The van der Waals surface area contributed by atoms with Crippen molar-refractivity contribution in [3.8, 4) is 23.0 Å². The molecule has 2 aliphatic rings. The van der Waals surface area contributed by atoms with Gasteiger partial charge in [-0.15, -0.1) is 0 Å². The van der Waals surface area contributed by atoms with E-state index < -0.39 is 81.1 Å². The molecule has 2 aromatic carbocycles. The number of nitrogens with one attached hydrogen (secondary N) is 2. The van der Waals surface area contributed by atoms with Crippen molar-refractivity contribution in [3.63, 3.8) is 0 Å². The monoisotopic (exact) mass is 883 g/mol. The van der Waals surface area contributed by atoms with Gasteiger partial charge in [0.2, 0.25) is 15.9 Å². The van der Waals surface area contributed by atoms with Crippen LogP contribution in [0, 0.1) is 29.4 Å². The lowest BCUT2D eigenvalue weighted by molar-refractivity contribution is -0.123. The zero-order valence-electron chi connectivity index (χ0n) is 33.0. The summed E-state index contributed by atoms with van der Waals surface area (Å²) in [6, 6.07) is 7.81. The highest BCUT2D eigenvalue weighted by Gasteiger charge is 2.67. The van der Waals surface area contributed by atoms with Gasteiger partial charge in [0, 0.05) is 55.2 Å². The lowest BCUT2D eigenvalue weighted by Crippen LogP contribution is -2.35. The number of amides is 1. The van der Waals surface area contributed by atoms with Crippen LogP contribution in [0.3, 0.4) is 0 Å². The van der Waals surface area contributed by atoms with Crippen molar-refractivity contribution in [1.82, 2.24) is 39.4 Å². The Labute approximate surface area is 350 Å². The highest BCUT2D eigenvalue weighted by molar-refractivity contribution is 7.92. The number of rotatable bonds is 11. The minimum absolute atomic E-state index is 0.0247. The third-order valence-electron chi connectivity index (χ3n) is 10.8. The number of hydrogen-bond donors (Lipinski definition) is 2. The van der Waals surface area contributed by atoms with E-state index in [1.165, 1.54) is 10.7 Å². The van der Waals surface area contributed by atoms with Crippen molar-refractivity contribution in [3.05, 3.63) is 111 Å². The molecule has 1 saturated carbocycles. The van der Waals surface area contributed by atoms with Gasteiger partial charge in [-0.1, -0.05) is 23.6 Å². The van der Waals surface area contributed by atoms with Crippen LogP contribution in [-0.4, -0.2) is 54.7 Å². The number of carbonyl (C=O) groups excluding carboxylic acids is 1. The first-order valence-corrected chi connectivity index (χ1v) is 21.1. The lowest BCUT2D eigenvalue weighted by atomic mass is 9.92. The van der Waals surface area contributed by atoms with Gasteiger partial charge < -0.3 is 9.88 Å². The van der Waals surface area contributed by atoms with Crippen LogP contribution < -0.4 is 10.0 Å². The van der Waals surface area contributed by atoms with Crippen molar-refractivity contribution >= 4 is 44.3 Å². The fourth-order valence-electron chi connectivity index (χ4n) is 8.26. The summed E-state index contributed by atoms with van der Waals surface area (Å²) in [4.78, 5) is 23.4. The lowest BCUT2D eigenvalue weighted by Gasteiger charge is -2.23. The molecule has 4 aromatic heterocycles. The second-order valence-electron chi connectivity index (χ2n) is 15.8. The number of imidazole rings is 1. The summed E-state index contributed by atoms with van der Waals surface area (Å²) in [5.74, 6) is -1.44. The van der Waals surface area contributed by atoms with Crippen LogP contribution in [0.25, 0.3) is 22.0 Å². The Hall–Kier alpha value is -5.87. The largest absolute Gasteiger partial charge is 0.346 e. The van der Waals surface area contributed by atoms with Crippen LogP contribution in [0.15, 0.2) is 54.9 Å². The molecule has 0 aliphatic heterocycles.